The normalized spacial score (nSPS) is 14.5. The minimum atomic E-state index is -1.09. The molecule has 120 valence electrons. The highest BCUT2D eigenvalue weighted by Crippen LogP contribution is 2.28. The third-order valence-corrected chi connectivity index (χ3v) is 3.53. The molecule has 0 aliphatic heterocycles. The number of carbonyl (C=O) groups is 3. The van der Waals surface area contributed by atoms with Crippen molar-refractivity contribution in [2.24, 2.45) is 11.7 Å². The molecule has 6 nitrogen and oxygen atoms in total. The van der Waals surface area contributed by atoms with E-state index in [0.29, 0.717) is 0 Å². The van der Waals surface area contributed by atoms with Crippen LogP contribution in [0.1, 0.15) is 38.7 Å². The van der Waals surface area contributed by atoms with E-state index in [1.807, 2.05) is 49.5 Å². The van der Waals surface area contributed by atoms with Crippen LogP contribution in [0.25, 0.3) is 0 Å². The summed E-state index contributed by atoms with van der Waals surface area (Å²) in [6, 6.07) is 8.29. The fourth-order valence-electron chi connectivity index (χ4n) is 2.12. The van der Waals surface area contributed by atoms with E-state index in [-0.39, 0.29) is 5.92 Å². The summed E-state index contributed by atoms with van der Waals surface area (Å²) in [5.41, 5.74) is 5.71. The summed E-state index contributed by atoms with van der Waals surface area (Å²) >= 11 is 0. The first-order valence-corrected chi connectivity index (χ1v) is 7.22. The number of hydrogen-bond acceptors (Lipinski definition) is 4. The van der Waals surface area contributed by atoms with Crippen LogP contribution in [0.2, 0.25) is 0 Å². The van der Waals surface area contributed by atoms with Crippen molar-refractivity contribution in [3.05, 3.63) is 35.9 Å². The molecule has 0 fully saturated rings. The summed E-state index contributed by atoms with van der Waals surface area (Å²) in [5, 5.41) is 1.89. The molecule has 3 atom stereocenters. The number of esters is 1. The highest BCUT2D eigenvalue weighted by atomic mass is 16.5. The van der Waals surface area contributed by atoms with Gasteiger partial charge in [0, 0.05) is 0 Å². The number of urea groups is 1. The van der Waals surface area contributed by atoms with E-state index in [1.54, 1.807) is 0 Å². The van der Waals surface area contributed by atoms with Crippen molar-refractivity contribution in [1.29, 1.82) is 0 Å². The van der Waals surface area contributed by atoms with Crippen molar-refractivity contribution >= 4 is 17.9 Å². The molecule has 3 N–H and O–H groups in total. The molecule has 0 saturated heterocycles. The third-order valence-electron chi connectivity index (χ3n) is 3.53. The van der Waals surface area contributed by atoms with Gasteiger partial charge in [0.15, 0.2) is 6.10 Å². The van der Waals surface area contributed by atoms with E-state index >= 15 is 0 Å². The summed E-state index contributed by atoms with van der Waals surface area (Å²) in [4.78, 5) is 34.7. The van der Waals surface area contributed by atoms with Crippen LogP contribution in [0.15, 0.2) is 30.3 Å². The molecule has 6 heteroatoms. The van der Waals surface area contributed by atoms with Gasteiger partial charge in [-0.25, -0.2) is 4.79 Å². The minimum absolute atomic E-state index is 0.0568. The Hall–Kier alpha value is -2.37. The Kier molecular flexibility index (Phi) is 6.56. The van der Waals surface area contributed by atoms with Gasteiger partial charge in [-0.3, -0.25) is 14.9 Å². The molecule has 0 unspecified atom stereocenters. The molecule has 1 aromatic rings. The van der Waals surface area contributed by atoms with Crippen LogP contribution in [0.3, 0.4) is 0 Å². The average molecular weight is 306 g/mol. The predicted molar refractivity (Wildman–Crippen MR) is 81.9 cm³/mol. The highest BCUT2D eigenvalue weighted by molar-refractivity contribution is 5.96. The van der Waals surface area contributed by atoms with Crippen molar-refractivity contribution in [2.45, 2.75) is 39.2 Å². The molecule has 0 aliphatic rings. The van der Waals surface area contributed by atoms with Crippen LogP contribution >= 0.6 is 0 Å². The topological polar surface area (TPSA) is 98.5 Å². The molecule has 0 heterocycles. The Bertz CT molecular complexity index is 530. The lowest BCUT2D eigenvalue weighted by Crippen LogP contribution is -2.42. The maximum absolute atomic E-state index is 12.4. The van der Waals surface area contributed by atoms with Gasteiger partial charge in [0.05, 0.1) is 5.92 Å². The Morgan fingerprint density at radius 3 is 2.27 bits per heavy atom. The number of carbonyl (C=O) groups excluding carboxylic acids is 3. The maximum atomic E-state index is 12.4. The first-order valence-electron chi connectivity index (χ1n) is 7.22. The monoisotopic (exact) mass is 306 g/mol. The van der Waals surface area contributed by atoms with Crippen molar-refractivity contribution in [2.75, 3.05) is 0 Å². The number of imide groups is 1. The molecule has 3 amide bonds. The van der Waals surface area contributed by atoms with E-state index in [9.17, 15) is 14.4 Å². The number of nitrogens with one attached hydrogen (secondary N) is 1. The molecule has 1 rings (SSSR count). The van der Waals surface area contributed by atoms with Gasteiger partial charge in [-0.1, -0.05) is 50.6 Å². The Morgan fingerprint density at radius 1 is 1.18 bits per heavy atom. The van der Waals surface area contributed by atoms with Crippen LogP contribution in [0, 0.1) is 5.92 Å². The van der Waals surface area contributed by atoms with Gasteiger partial charge in [0.25, 0.3) is 5.91 Å². The third kappa shape index (κ3) is 4.87. The van der Waals surface area contributed by atoms with Crippen molar-refractivity contribution in [3.8, 4) is 0 Å². The molecule has 0 bridgehead atoms. The smallest absolute Gasteiger partial charge is 0.318 e. The first-order chi connectivity index (χ1) is 10.4. The Balaban J connectivity index is 2.85. The van der Waals surface area contributed by atoms with Crippen molar-refractivity contribution < 1.29 is 19.1 Å². The second-order valence-electron chi connectivity index (χ2n) is 5.21. The number of hydrogen-bond donors (Lipinski definition) is 2. The van der Waals surface area contributed by atoms with Crippen molar-refractivity contribution in [3.63, 3.8) is 0 Å². The highest BCUT2D eigenvalue weighted by Gasteiger charge is 2.30. The second-order valence-corrected chi connectivity index (χ2v) is 5.21. The second kappa shape index (κ2) is 8.17. The zero-order valence-electron chi connectivity index (χ0n) is 13.0. The van der Waals surface area contributed by atoms with Crippen LogP contribution in [0.5, 0.6) is 0 Å². The fraction of sp³-hybridized carbons (Fsp3) is 0.438. The molecule has 0 aromatic heterocycles. The molecular formula is C16H22N2O4. The summed E-state index contributed by atoms with van der Waals surface area (Å²) in [6.07, 6.45) is -0.299. The lowest BCUT2D eigenvalue weighted by molar-refractivity contribution is -0.157. The molecule has 0 aliphatic carbocycles. The van der Waals surface area contributed by atoms with Gasteiger partial charge in [-0.2, -0.15) is 0 Å². The molecular weight excluding hydrogens is 284 g/mol. The summed E-state index contributed by atoms with van der Waals surface area (Å²) in [7, 11) is 0. The molecule has 0 spiro atoms. The molecule has 1 aromatic carbocycles. The van der Waals surface area contributed by atoms with E-state index in [1.165, 1.54) is 6.92 Å². The summed E-state index contributed by atoms with van der Waals surface area (Å²) in [6.45, 7) is 5.33. The van der Waals surface area contributed by atoms with Gasteiger partial charge in [0.1, 0.15) is 0 Å². The largest absolute Gasteiger partial charge is 0.452 e. The number of benzene rings is 1. The fourth-order valence-corrected chi connectivity index (χ4v) is 2.12. The number of amides is 3. The number of ether oxygens (including phenoxy) is 1. The lowest BCUT2D eigenvalue weighted by Gasteiger charge is -2.23. The lowest BCUT2D eigenvalue weighted by atomic mass is 9.85. The quantitative estimate of drug-likeness (QED) is 0.785. The van der Waals surface area contributed by atoms with Crippen molar-refractivity contribution in [1.82, 2.24) is 5.32 Å². The summed E-state index contributed by atoms with van der Waals surface area (Å²) < 4.78 is 5.19. The zero-order chi connectivity index (χ0) is 16.7. The predicted octanol–water partition coefficient (Wildman–Crippen LogP) is 1.94. The zero-order valence-corrected chi connectivity index (χ0v) is 13.0. The van der Waals surface area contributed by atoms with Crippen LogP contribution in [-0.4, -0.2) is 24.0 Å². The van der Waals surface area contributed by atoms with Gasteiger partial charge in [-0.05, 0) is 18.4 Å². The van der Waals surface area contributed by atoms with E-state index in [0.717, 1.165) is 12.0 Å². The van der Waals surface area contributed by atoms with Gasteiger partial charge in [0.2, 0.25) is 0 Å². The average Bonchev–Trinajstić information content (AvgIpc) is 2.47. The van der Waals surface area contributed by atoms with Crippen LogP contribution in [-0.2, 0) is 14.3 Å². The molecule has 22 heavy (non-hydrogen) atoms. The minimum Gasteiger partial charge on any atom is -0.452 e. The Morgan fingerprint density at radius 2 is 1.77 bits per heavy atom. The van der Waals surface area contributed by atoms with E-state index in [4.69, 9.17) is 10.5 Å². The standard InChI is InChI=1S/C16H22N2O4/c1-4-10(2)13(12-8-6-5-7-9-12)15(20)22-11(3)14(19)18-16(17)21/h5-11,13H,4H2,1-3H3,(H3,17,18,19,21)/t10-,11+,13+/m1/s1. The maximum Gasteiger partial charge on any atom is 0.318 e. The van der Waals surface area contributed by atoms with Gasteiger partial charge >= 0.3 is 12.0 Å². The Labute approximate surface area is 130 Å². The SMILES string of the molecule is CC[C@@H](C)[C@H](C(=O)O[C@@H](C)C(=O)NC(N)=O)c1ccccc1. The number of primary amides is 1. The van der Waals surface area contributed by atoms with E-state index in [2.05, 4.69) is 0 Å². The van der Waals surface area contributed by atoms with Gasteiger partial charge in [-0.15, -0.1) is 0 Å². The molecule has 0 saturated carbocycles. The van der Waals surface area contributed by atoms with Crippen LogP contribution < -0.4 is 11.1 Å². The molecule has 0 radical (unpaired) electrons. The summed E-state index contributed by atoms with van der Waals surface area (Å²) in [5.74, 6) is -1.64. The van der Waals surface area contributed by atoms with Gasteiger partial charge < -0.3 is 10.5 Å². The number of rotatable bonds is 6. The van der Waals surface area contributed by atoms with Crippen LogP contribution in [0.4, 0.5) is 4.79 Å². The number of nitrogens with two attached hydrogens (primary N) is 1. The first kappa shape index (κ1) is 17.7. The van der Waals surface area contributed by atoms with E-state index < -0.39 is 29.9 Å².